The monoisotopic (exact) mass is 291 g/mol. The maximum atomic E-state index is 11.4. The molecule has 0 bridgehead atoms. The second-order valence-electron chi connectivity index (χ2n) is 5.89. The summed E-state index contributed by atoms with van der Waals surface area (Å²) in [5.41, 5.74) is 5.37. The van der Waals surface area contributed by atoms with Gasteiger partial charge < -0.3 is 9.47 Å². The number of hydrogen-bond donors (Lipinski definition) is 0. The average molecular weight is 291 g/mol. The van der Waals surface area contributed by atoms with Gasteiger partial charge in [0.1, 0.15) is 0 Å². The number of ether oxygens (including phenoxy) is 2. The van der Waals surface area contributed by atoms with Crippen molar-refractivity contribution in [2.24, 2.45) is 0 Å². The largest absolute Gasteiger partial charge is 0.469 e. The number of hydrogen-bond acceptors (Lipinski definition) is 4. The molecule has 1 aliphatic heterocycles. The molecule has 1 unspecified atom stereocenters. The van der Waals surface area contributed by atoms with E-state index >= 15 is 0 Å². The van der Waals surface area contributed by atoms with Gasteiger partial charge in [-0.1, -0.05) is 17.7 Å². The standard InChI is InChI=1S/C17H25NO3/c1-12-7-13(2)16(14(3)8-12)11-18-5-6-21-15(10-18)9-17(19)20-4/h7-8,15H,5-6,9-11H2,1-4H3. The molecule has 0 N–H and O–H groups in total. The van der Waals surface area contributed by atoms with Crippen molar-refractivity contribution < 1.29 is 14.3 Å². The molecule has 0 saturated carbocycles. The van der Waals surface area contributed by atoms with Crippen molar-refractivity contribution in [3.63, 3.8) is 0 Å². The van der Waals surface area contributed by atoms with Crippen LogP contribution in [0.5, 0.6) is 0 Å². The normalized spacial score (nSPS) is 19.5. The zero-order valence-electron chi connectivity index (χ0n) is 13.4. The molecule has 1 heterocycles. The number of esters is 1. The summed E-state index contributed by atoms with van der Waals surface area (Å²) < 4.78 is 10.4. The van der Waals surface area contributed by atoms with Crippen molar-refractivity contribution in [1.82, 2.24) is 4.90 Å². The van der Waals surface area contributed by atoms with Crippen LogP contribution in [0.3, 0.4) is 0 Å². The van der Waals surface area contributed by atoms with Gasteiger partial charge in [0.2, 0.25) is 0 Å². The lowest BCUT2D eigenvalue weighted by atomic mass is 9.99. The molecule has 4 nitrogen and oxygen atoms in total. The van der Waals surface area contributed by atoms with Gasteiger partial charge in [-0.3, -0.25) is 9.69 Å². The fourth-order valence-corrected chi connectivity index (χ4v) is 3.00. The lowest BCUT2D eigenvalue weighted by Gasteiger charge is -2.33. The Hall–Kier alpha value is -1.39. The van der Waals surface area contributed by atoms with Gasteiger partial charge in [0.05, 0.1) is 26.2 Å². The van der Waals surface area contributed by atoms with Crippen LogP contribution in [0.25, 0.3) is 0 Å². The van der Waals surface area contributed by atoms with Crippen LogP contribution < -0.4 is 0 Å². The third kappa shape index (κ3) is 4.29. The number of nitrogens with zero attached hydrogens (tertiary/aromatic N) is 1. The van der Waals surface area contributed by atoms with Gasteiger partial charge in [0.15, 0.2) is 0 Å². The molecule has 1 saturated heterocycles. The SMILES string of the molecule is COC(=O)CC1CN(Cc2c(C)cc(C)cc2C)CCO1. The van der Waals surface area contributed by atoms with E-state index in [9.17, 15) is 4.79 Å². The third-order valence-electron chi connectivity index (χ3n) is 4.07. The first-order valence-corrected chi connectivity index (χ1v) is 7.47. The second kappa shape index (κ2) is 7.05. The molecular weight excluding hydrogens is 266 g/mol. The second-order valence-corrected chi connectivity index (χ2v) is 5.89. The molecule has 1 aromatic rings. The minimum absolute atomic E-state index is 0.0581. The fraction of sp³-hybridized carbons (Fsp3) is 0.588. The molecule has 0 radical (unpaired) electrons. The van der Waals surface area contributed by atoms with Gasteiger partial charge in [-0.05, 0) is 37.5 Å². The Morgan fingerprint density at radius 1 is 1.33 bits per heavy atom. The Labute approximate surface area is 127 Å². The molecule has 21 heavy (non-hydrogen) atoms. The van der Waals surface area contributed by atoms with E-state index in [4.69, 9.17) is 9.47 Å². The van der Waals surface area contributed by atoms with Crippen molar-refractivity contribution in [1.29, 1.82) is 0 Å². The van der Waals surface area contributed by atoms with E-state index in [1.807, 2.05) is 0 Å². The van der Waals surface area contributed by atoms with Crippen LogP contribution in [0.2, 0.25) is 0 Å². The minimum Gasteiger partial charge on any atom is -0.469 e. The molecular formula is C17H25NO3. The first-order valence-electron chi connectivity index (χ1n) is 7.47. The molecule has 1 atom stereocenters. The van der Waals surface area contributed by atoms with E-state index in [1.54, 1.807) is 0 Å². The Morgan fingerprint density at radius 2 is 2.00 bits per heavy atom. The number of aryl methyl sites for hydroxylation is 3. The van der Waals surface area contributed by atoms with Crippen molar-refractivity contribution in [3.8, 4) is 0 Å². The van der Waals surface area contributed by atoms with E-state index in [1.165, 1.54) is 29.4 Å². The van der Waals surface area contributed by atoms with E-state index < -0.39 is 0 Å². The summed E-state index contributed by atoms with van der Waals surface area (Å²) in [6, 6.07) is 4.46. The molecule has 2 rings (SSSR count). The average Bonchev–Trinajstić information content (AvgIpc) is 2.43. The van der Waals surface area contributed by atoms with Crippen molar-refractivity contribution in [3.05, 3.63) is 34.4 Å². The van der Waals surface area contributed by atoms with Gasteiger partial charge in [0.25, 0.3) is 0 Å². The summed E-state index contributed by atoms with van der Waals surface area (Å²) in [5.74, 6) is -0.204. The number of morpholine rings is 1. The first kappa shape index (κ1) is 16.0. The van der Waals surface area contributed by atoms with Gasteiger partial charge in [-0.15, -0.1) is 0 Å². The van der Waals surface area contributed by atoms with E-state index in [0.29, 0.717) is 13.0 Å². The molecule has 1 aliphatic rings. The van der Waals surface area contributed by atoms with Crippen molar-refractivity contribution in [2.45, 2.75) is 39.8 Å². The van der Waals surface area contributed by atoms with Crippen LogP contribution in [-0.4, -0.2) is 43.8 Å². The van der Waals surface area contributed by atoms with Crippen LogP contribution in [0, 0.1) is 20.8 Å². The zero-order chi connectivity index (χ0) is 15.4. The number of rotatable bonds is 4. The molecule has 0 spiro atoms. The highest BCUT2D eigenvalue weighted by Gasteiger charge is 2.23. The molecule has 1 fully saturated rings. The van der Waals surface area contributed by atoms with Crippen LogP contribution in [-0.2, 0) is 20.8 Å². The maximum absolute atomic E-state index is 11.4. The Kier molecular flexibility index (Phi) is 5.37. The first-order chi connectivity index (χ1) is 9.99. The highest BCUT2D eigenvalue weighted by Crippen LogP contribution is 2.20. The van der Waals surface area contributed by atoms with E-state index in [2.05, 4.69) is 37.8 Å². The summed E-state index contributed by atoms with van der Waals surface area (Å²) in [7, 11) is 1.42. The highest BCUT2D eigenvalue weighted by atomic mass is 16.5. The van der Waals surface area contributed by atoms with Crippen molar-refractivity contribution in [2.75, 3.05) is 26.8 Å². The number of carbonyl (C=O) groups excluding carboxylic acids is 1. The van der Waals surface area contributed by atoms with Gasteiger partial charge in [-0.2, -0.15) is 0 Å². The van der Waals surface area contributed by atoms with Crippen LogP contribution in [0.1, 0.15) is 28.7 Å². The lowest BCUT2D eigenvalue weighted by Crippen LogP contribution is -2.43. The lowest BCUT2D eigenvalue weighted by molar-refractivity contribution is -0.145. The smallest absolute Gasteiger partial charge is 0.308 e. The molecule has 0 aliphatic carbocycles. The summed E-state index contributed by atoms with van der Waals surface area (Å²) in [4.78, 5) is 13.7. The van der Waals surface area contributed by atoms with E-state index in [-0.39, 0.29) is 12.1 Å². The molecule has 4 heteroatoms. The maximum Gasteiger partial charge on any atom is 0.308 e. The third-order valence-corrected chi connectivity index (χ3v) is 4.07. The number of benzene rings is 1. The van der Waals surface area contributed by atoms with Crippen LogP contribution in [0.4, 0.5) is 0 Å². The Balaban J connectivity index is 2.01. The number of carbonyl (C=O) groups is 1. The van der Waals surface area contributed by atoms with Gasteiger partial charge in [-0.25, -0.2) is 0 Å². The summed E-state index contributed by atoms with van der Waals surface area (Å²) >= 11 is 0. The molecule has 0 aromatic heterocycles. The van der Waals surface area contributed by atoms with Gasteiger partial charge >= 0.3 is 5.97 Å². The summed E-state index contributed by atoms with van der Waals surface area (Å²) in [6.45, 7) is 9.74. The van der Waals surface area contributed by atoms with Crippen molar-refractivity contribution >= 4 is 5.97 Å². The van der Waals surface area contributed by atoms with Crippen LogP contribution in [0.15, 0.2) is 12.1 Å². The molecule has 0 amide bonds. The molecule has 1 aromatic carbocycles. The Morgan fingerprint density at radius 3 is 2.62 bits per heavy atom. The summed E-state index contributed by atoms with van der Waals surface area (Å²) in [6.07, 6.45) is 0.274. The van der Waals surface area contributed by atoms with Gasteiger partial charge in [0, 0.05) is 19.6 Å². The predicted octanol–water partition coefficient (Wildman–Crippen LogP) is 2.38. The molecule has 116 valence electrons. The predicted molar refractivity (Wildman–Crippen MR) is 82.3 cm³/mol. The van der Waals surface area contributed by atoms with E-state index in [0.717, 1.165) is 19.6 Å². The fourth-order valence-electron chi connectivity index (χ4n) is 3.00. The summed E-state index contributed by atoms with van der Waals surface area (Å²) in [5, 5.41) is 0. The Bertz CT molecular complexity index is 490. The zero-order valence-corrected chi connectivity index (χ0v) is 13.4. The van der Waals surface area contributed by atoms with Crippen LogP contribution >= 0.6 is 0 Å². The highest BCUT2D eigenvalue weighted by molar-refractivity contribution is 5.69. The topological polar surface area (TPSA) is 38.8 Å². The minimum atomic E-state index is -0.204. The quantitative estimate of drug-likeness (QED) is 0.798. The number of methoxy groups -OCH3 is 1.